The molecule has 1 rings (SSSR count). The Morgan fingerprint density at radius 3 is 3.00 bits per heavy atom. The van der Waals surface area contributed by atoms with E-state index in [4.69, 9.17) is 5.73 Å². The summed E-state index contributed by atoms with van der Waals surface area (Å²) in [6.07, 6.45) is 10.7. The number of amides is 1. The van der Waals surface area contributed by atoms with E-state index in [1.807, 2.05) is 24.3 Å². The van der Waals surface area contributed by atoms with Crippen molar-refractivity contribution in [2.45, 2.75) is 25.7 Å². The molecule has 0 radical (unpaired) electrons. The average molecular weight is 247 g/mol. The molecular weight excluding hydrogens is 226 g/mol. The van der Waals surface area contributed by atoms with E-state index in [0.717, 1.165) is 37.9 Å². The van der Waals surface area contributed by atoms with Crippen molar-refractivity contribution < 1.29 is 4.79 Å². The fraction of sp³-hybridized carbons (Fsp3) is 0.429. The van der Waals surface area contributed by atoms with Gasteiger partial charge in [0.1, 0.15) is 0 Å². The molecule has 1 heterocycles. The highest BCUT2D eigenvalue weighted by atomic mass is 16.1. The molecule has 0 saturated heterocycles. The smallest absolute Gasteiger partial charge is 0.223 e. The second kappa shape index (κ2) is 9.36. The third-order valence-corrected chi connectivity index (χ3v) is 2.50. The lowest BCUT2D eigenvalue weighted by atomic mass is 10.2. The lowest BCUT2D eigenvalue weighted by molar-refractivity contribution is -0.120. The van der Waals surface area contributed by atoms with Crippen LogP contribution in [0.2, 0.25) is 0 Å². The Labute approximate surface area is 108 Å². The van der Waals surface area contributed by atoms with Gasteiger partial charge in [-0.2, -0.15) is 0 Å². The van der Waals surface area contributed by atoms with E-state index in [-0.39, 0.29) is 5.91 Å². The van der Waals surface area contributed by atoms with Crippen LogP contribution < -0.4 is 11.1 Å². The van der Waals surface area contributed by atoms with Crippen LogP contribution in [0.5, 0.6) is 0 Å². The molecule has 18 heavy (non-hydrogen) atoms. The molecule has 0 unspecified atom stereocenters. The van der Waals surface area contributed by atoms with Crippen LogP contribution in [0.3, 0.4) is 0 Å². The maximum absolute atomic E-state index is 11.5. The minimum absolute atomic E-state index is 0.0582. The molecule has 4 nitrogen and oxygen atoms in total. The van der Waals surface area contributed by atoms with Crippen LogP contribution in [-0.2, 0) is 4.79 Å². The summed E-state index contributed by atoms with van der Waals surface area (Å²) in [5.41, 5.74) is 6.40. The van der Waals surface area contributed by atoms with Crippen molar-refractivity contribution >= 4 is 12.0 Å². The number of carbonyl (C=O) groups is 1. The summed E-state index contributed by atoms with van der Waals surface area (Å²) in [6.45, 7) is 1.46. The summed E-state index contributed by atoms with van der Waals surface area (Å²) in [4.78, 5) is 15.5. The molecule has 0 aromatic carbocycles. The van der Waals surface area contributed by atoms with E-state index >= 15 is 0 Å². The number of pyridine rings is 1. The molecule has 1 aromatic heterocycles. The Hall–Kier alpha value is -1.68. The normalized spacial score (nSPS) is 10.7. The van der Waals surface area contributed by atoms with Crippen molar-refractivity contribution in [1.82, 2.24) is 10.3 Å². The van der Waals surface area contributed by atoms with Crippen LogP contribution in [0.1, 0.15) is 31.2 Å². The second-order valence-corrected chi connectivity index (χ2v) is 4.09. The number of carbonyl (C=O) groups excluding carboxylic acids is 1. The number of unbranched alkanes of at least 4 members (excludes halogenated alkanes) is 2. The van der Waals surface area contributed by atoms with Gasteiger partial charge in [-0.15, -0.1) is 0 Å². The SMILES string of the molecule is NCCCCCNC(=O)C/C=C/c1cccnc1. The van der Waals surface area contributed by atoms with Gasteiger partial charge in [-0.05, 0) is 31.0 Å². The molecular formula is C14H21N3O. The molecule has 3 N–H and O–H groups in total. The standard InChI is InChI=1S/C14H21N3O/c15-9-2-1-3-11-17-14(18)8-4-6-13-7-5-10-16-12-13/h4-7,10,12H,1-3,8-9,11,15H2,(H,17,18)/b6-4+. The first-order chi connectivity index (χ1) is 8.83. The number of nitrogens with zero attached hydrogens (tertiary/aromatic N) is 1. The topological polar surface area (TPSA) is 68.0 Å². The lowest BCUT2D eigenvalue weighted by Crippen LogP contribution is -2.23. The van der Waals surface area contributed by atoms with Crippen LogP contribution in [0, 0.1) is 0 Å². The molecule has 98 valence electrons. The van der Waals surface area contributed by atoms with Crippen molar-refractivity contribution in [2.75, 3.05) is 13.1 Å². The third-order valence-electron chi connectivity index (χ3n) is 2.50. The summed E-state index contributed by atoms with van der Waals surface area (Å²) < 4.78 is 0. The number of hydrogen-bond donors (Lipinski definition) is 2. The molecule has 1 aromatic rings. The molecule has 0 aliphatic heterocycles. The zero-order chi connectivity index (χ0) is 13.1. The summed E-state index contributed by atoms with van der Waals surface area (Å²) in [5, 5.41) is 2.88. The Morgan fingerprint density at radius 1 is 1.39 bits per heavy atom. The van der Waals surface area contributed by atoms with Gasteiger partial charge >= 0.3 is 0 Å². The summed E-state index contributed by atoms with van der Waals surface area (Å²) >= 11 is 0. The van der Waals surface area contributed by atoms with Crippen molar-refractivity contribution in [3.8, 4) is 0 Å². The molecule has 0 aliphatic rings. The third kappa shape index (κ3) is 6.81. The quantitative estimate of drug-likeness (QED) is 0.687. The first-order valence-electron chi connectivity index (χ1n) is 6.36. The Morgan fingerprint density at radius 2 is 2.28 bits per heavy atom. The highest BCUT2D eigenvalue weighted by molar-refractivity contribution is 5.78. The van der Waals surface area contributed by atoms with E-state index in [0.29, 0.717) is 6.42 Å². The highest BCUT2D eigenvalue weighted by Gasteiger charge is 1.96. The molecule has 0 atom stereocenters. The summed E-state index contributed by atoms with van der Waals surface area (Å²) in [5.74, 6) is 0.0582. The van der Waals surface area contributed by atoms with Crippen molar-refractivity contribution in [3.05, 3.63) is 36.2 Å². The lowest BCUT2D eigenvalue weighted by Gasteiger charge is -2.02. The zero-order valence-electron chi connectivity index (χ0n) is 10.6. The number of nitrogens with one attached hydrogen (secondary N) is 1. The van der Waals surface area contributed by atoms with E-state index in [1.165, 1.54) is 0 Å². The molecule has 0 bridgehead atoms. The minimum atomic E-state index is 0.0582. The molecule has 0 aliphatic carbocycles. The van der Waals surface area contributed by atoms with Crippen LogP contribution >= 0.6 is 0 Å². The summed E-state index contributed by atoms with van der Waals surface area (Å²) in [7, 11) is 0. The van der Waals surface area contributed by atoms with Crippen LogP contribution in [-0.4, -0.2) is 24.0 Å². The van der Waals surface area contributed by atoms with Crippen molar-refractivity contribution in [2.24, 2.45) is 5.73 Å². The van der Waals surface area contributed by atoms with Gasteiger partial charge in [0.25, 0.3) is 0 Å². The van der Waals surface area contributed by atoms with Gasteiger partial charge < -0.3 is 11.1 Å². The molecule has 0 fully saturated rings. The van der Waals surface area contributed by atoms with E-state index < -0.39 is 0 Å². The maximum Gasteiger partial charge on any atom is 0.223 e. The number of aromatic nitrogens is 1. The molecule has 0 spiro atoms. The number of hydrogen-bond acceptors (Lipinski definition) is 3. The van der Waals surface area contributed by atoms with E-state index in [2.05, 4.69) is 10.3 Å². The van der Waals surface area contributed by atoms with Gasteiger partial charge in [0.05, 0.1) is 0 Å². The fourth-order valence-corrected chi connectivity index (χ4v) is 1.52. The first kappa shape index (κ1) is 14.4. The average Bonchev–Trinajstić information content (AvgIpc) is 2.40. The molecule has 4 heteroatoms. The van der Waals surface area contributed by atoms with E-state index in [1.54, 1.807) is 12.4 Å². The highest BCUT2D eigenvalue weighted by Crippen LogP contribution is 1.99. The monoisotopic (exact) mass is 247 g/mol. The summed E-state index contributed by atoms with van der Waals surface area (Å²) in [6, 6.07) is 3.82. The van der Waals surface area contributed by atoms with Crippen LogP contribution in [0.25, 0.3) is 6.08 Å². The van der Waals surface area contributed by atoms with Gasteiger partial charge in [-0.25, -0.2) is 0 Å². The second-order valence-electron chi connectivity index (χ2n) is 4.09. The number of nitrogens with two attached hydrogens (primary N) is 1. The Kier molecular flexibility index (Phi) is 7.48. The predicted molar refractivity (Wildman–Crippen MR) is 73.8 cm³/mol. The maximum atomic E-state index is 11.5. The Balaban J connectivity index is 2.11. The van der Waals surface area contributed by atoms with Gasteiger partial charge in [-0.3, -0.25) is 9.78 Å². The van der Waals surface area contributed by atoms with Crippen LogP contribution in [0.15, 0.2) is 30.6 Å². The van der Waals surface area contributed by atoms with E-state index in [9.17, 15) is 4.79 Å². The minimum Gasteiger partial charge on any atom is -0.356 e. The Bertz CT molecular complexity index is 363. The zero-order valence-corrected chi connectivity index (χ0v) is 10.6. The van der Waals surface area contributed by atoms with Crippen LogP contribution in [0.4, 0.5) is 0 Å². The largest absolute Gasteiger partial charge is 0.356 e. The van der Waals surface area contributed by atoms with Gasteiger partial charge in [0.2, 0.25) is 5.91 Å². The van der Waals surface area contributed by atoms with Crippen molar-refractivity contribution in [1.29, 1.82) is 0 Å². The number of rotatable bonds is 8. The first-order valence-corrected chi connectivity index (χ1v) is 6.36. The van der Waals surface area contributed by atoms with Gasteiger partial charge in [-0.1, -0.05) is 24.6 Å². The van der Waals surface area contributed by atoms with Gasteiger partial charge in [0.15, 0.2) is 0 Å². The van der Waals surface area contributed by atoms with Gasteiger partial charge in [0, 0.05) is 25.4 Å². The molecule has 1 amide bonds. The molecule has 0 saturated carbocycles. The predicted octanol–water partition coefficient (Wildman–Crippen LogP) is 1.73. The fourth-order valence-electron chi connectivity index (χ4n) is 1.52. The van der Waals surface area contributed by atoms with Crippen molar-refractivity contribution in [3.63, 3.8) is 0 Å².